The molecule has 0 bridgehead atoms. The number of aliphatic imine (C=N–C) groups is 1. The number of aromatic nitrogens is 1. The molecule has 0 amide bonds. The van der Waals surface area contributed by atoms with Gasteiger partial charge in [0, 0.05) is 38.8 Å². The molecule has 0 radical (unpaired) electrons. The Morgan fingerprint density at radius 2 is 2.00 bits per heavy atom. The third-order valence-electron chi connectivity index (χ3n) is 5.24. The zero-order valence-corrected chi connectivity index (χ0v) is 17.2. The number of ether oxygens (including phenoxy) is 2. The highest BCUT2D eigenvalue weighted by atomic mass is 16.5. The minimum Gasteiger partial charge on any atom is -0.481 e. The van der Waals surface area contributed by atoms with Crippen LogP contribution in [0.3, 0.4) is 0 Å². The molecule has 2 N–H and O–H groups in total. The highest BCUT2D eigenvalue weighted by Gasteiger charge is 2.26. The summed E-state index contributed by atoms with van der Waals surface area (Å²) in [7, 11) is 3.43. The topological polar surface area (TPSA) is 71.0 Å². The van der Waals surface area contributed by atoms with E-state index in [1.165, 1.54) is 12.8 Å². The largest absolute Gasteiger partial charge is 0.481 e. The quantitative estimate of drug-likeness (QED) is 0.506. The van der Waals surface area contributed by atoms with E-state index in [2.05, 4.69) is 39.4 Å². The lowest BCUT2D eigenvalue weighted by Crippen LogP contribution is -2.53. The standard InChI is InChI=1S/C20H35N5O2/c1-5-16(6-2)18(25-10-12-27-13-11-25)15-23-20(21-3)22-14-17-8-7-9-19(24-17)26-4/h7-9,16,18H,5-6,10-15H2,1-4H3,(H2,21,22,23). The molecule has 152 valence electrons. The van der Waals surface area contributed by atoms with E-state index in [0.717, 1.165) is 44.5 Å². The van der Waals surface area contributed by atoms with Gasteiger partial charge in [0.2, 0.25) is 5.88 Å². The van der Waals surface area contributed by atoms with E-state index in [4.69, 9.17) is 9.47 Å². The molecule has 0 aliphatic carbocycles. The monoisotopic (exact) mass is 377 g/mol. The second-order valence-electron chi connectivity index (χ2n) is 6.77. The normalized spacial score (nSPS) is 17.0. The van der Waals surface area contributed by atoms with E-state index in [-0.39, 0.29) is 0 Å². The summed E-state index contributed by atoms with van der Waals surface area (Å²) in [4.78, 5) is 11.4. The first-order chi connectivity index (χ1) is 13.2. The molecule has 1 aromatic rings. The number of methoxy groups -OCH3 is 1. The molecule has 1 unspecified atom stereocenters. The maximum absolute atomic E-state index is 5.53. The Hall–Kier alpha value is -1.86. The minimum atomic E-state index is 0.484. The molecule has 2 rings (SSSR count). The fraction of sp³-hybridized carbons (Fsp3) is 0.700. The van der Waals surface area contributed by atoms with E-state index < -0.39 is 0 Å². The Morgan fingerprint density at radius 3 is 2.63 bits per heavy atom. The number of pyridine rings is 1. The van der Waals surface area contributed by atoms with Crippen molar-refractivity contribution in [2.45, 2.75) is 39.3 Å². The Morgan fingerprint density at radius 1 is 1.26 bits per heavy atom. The lowest BCUT2D eigenvalue weighted by atomic mass is 9.92. The molecule has 7 nitrogen and oxygen atoms in total. The van der Waals surface area contributed by atoms with Crippen LogP contribution in [-0.2, 0) is 11.3 Å². The Balaban J connectivity index is 1.92. The lowest BCUT2D eigenvalue weighted by Gasteiger charge is -2.39. The summed E-state index contributed by atoms with van der Waals surface area (Å²) in [5.41, 5.74) is 0.919. The Bertz CT molecular complexity index is 571. The van der Waals surface area contributed by atoms with Crippen LogP contribution in [0, 0.1) is 5.92 Å². The maximum atomic E-state index is 5.53. The summed E-state index contributed by atoms with van der Waals surface area (Å²) in [6.45, 7) is 9.69. The number of guanidine groups is 1. The van der Waals surface area contributed by atoms with Crippen molar-refractivity contribution in [3.63, 3.8) is 0 Å². The number of morpholine rings is 1. The first-order valence-electron chi connectivity index (χ1n) is 9.98. The van der Waals surface area contributed by atoms with Gasteiger partial charge in [0.15, 0.2) is 5.96 Å². The van der Waals surface area contributed by atoms with Gasteiger partial charge in [0.1, 0.15) is 0 Å². The molecule has 1 saturated heterocycles. The zero-order chi connectivity index (χ0) is 19.5. The van der Waals surface area contributed by atoms with Crippen molar-refractivity contribution in [3.8, 4) is 5.88 Å². The average Bonchev–Trinajstić information content (AvgIpc) is 2.73. The van der Waals surface area contributed by atoms with Crippen LogP contribution in [0.5, 0.6) is 5.88 Å². The fourth-order valence-electron chi connectivity index (χ4n) is 3.60. The molecular weight excluding hydrogens is 342 g/mol. The third-order valence-corrected chi connectivity index (χ3v) is 5.24. The van der Waals surface area contributed by atoms with Gasteiger partial charge in [-0.1, -0.05) is 32.8 Å². The van der Waals surface area contributed by atoms with Crippen molar-refractivity contribution in [2.24, 2.45) is 10.9 Å². The van der Waals surface area contributed by atoms with Crippen molar-refractivity contribution in [2.75, 3.05) is 47.0 Å². The highest BCUT2D eigenvalue weighted by Crippen LogP contribution is 2.19. The summed E-state index contributed by atoms with van der Waals surface area (Å²) < 4.78 is 10.7. The van der Waals surface area contributed by atoms with Crippen molar-refractivity contribution in [3.05, 3.63) is 23.9 Å². The molecule has 7 heteroatoms. The van der Waals surface area contributed by atoms with Gasteiger partial charge in [-0.3, -0.25) is 9.89 Å². The van der Waals surface area contributed by atoms with Crippen LogP contribution in [-0.4, -0.2) is 68.9 Å². The fourth-order valence-corrected chi connectivity index (χ4v) is 3.60. The van der Waals surface area contributed by atoms with Crippen LogP contribution < -0.4 is 15.4 Å². The summed E-state index contributed by atoms with van der Waals surface area (Å²) in [6.07, 6.45) is 2.36. The zero-order valence-electron chi connectivity index (χ0n) is 17.2. The predicted molar refractivity (Wildman–Crippen MR) is 109 cm³/mol. The first-order valence-corrected chi connectivity index (χ1v) is 9.98. The van der Waals surface area contributed by atoms with Gasteiger partial charge in [-0.05, 0) is 12.0 Å². The van der Waals surface area contributed by atoms with E-state index in [1.807, 2.05) is 18.2 Å². The molecule has 2 heterocycles. The van der Waals surface area contributed by atoms with Gasteiger partial charge in [-0.15, -0.1) is 0 Å². The summed E-state index contributed by atoms with van der Waals surface area (Å²) in [5, 5.41) is 6.86. The van der Waals surface area contributed by atoms with E-state index in [9.17, 15) is 0 Å². The molecule has 0 spiro atoms. The van der Waals surface area contributed by atoms with Crippen LogP contribution in [0.1, 0.15) is 32.4 Å². The molecule has 1 aliphatic rings. The van der Waals surface area contributed by atoms with Crippen LogP contribution in [0.4, 0.5) is 0 Å². The number of nitrogens with one attached hydrogen (secondary N) is 2. The van der Waals surface area contributed by atoms with Crippen LogP contribution in [0.2, 0.25) is 0 Å². The second-order valence-corrected chi connectivity index (χ2v) is 6.77. The molecule has 1 aromatic heterocycles. The van der Waals surface area contributed by atoms with E-state index >= 15 is 0 Å². The van der Waals surface area contributed by atoms with Crippen LogP contribution in [0.15, 0.2) is 23.2 Å². The number of hydrogen-bond donors (Lipinski definition) is 2. The van der Waals surface area contributed by atoms with Crippen molar-refractivity contribution >= 4 is 5.96 Å². The minimum absolute atomic E-state index is 0.484. The summed E-state index contributed by atoms with van der Waals surface area (Å²) >= 11 is 0. The molecule has 27 heavy (non-hydrogen) atoms. The van der Waals surface area contributed by atoms with Crippen molar-refractivity contribution in [1.29, 1.82) is 0 Å². The molecule has 1 fully saturated rings. The van der Waals surface area contributed by atoms with Crippen LogP contribution in [0.25, 0.3) is 0 Å². The SMILES string of the molecule is CCC(CC)C(CNC(=NC)NCc1cccc(OC)n1)N1CCOCC1. The molecular formula is C20H35N5O2. The maximum Gasteiger partial charge on any atom is 0.213 e. The first kappa shape index (κ1) is 21.4. The number of nitrogens with zero attached hydrogens (tertiary/aromatic N) is 3. The van der Waals surface area contributed by atoms with Crippen molar-refractivity contribution < 1.29 is 9.47 Å². The number of rotatable bonds is 9. The highest BCUT2D eigenvalue weighted by molar-refractivity contribution is 5.79. The van der Waals surface area contributed by atoms with E-state index in [1.54, 1.807) is 14.2 Å². The molecule has 0 aromatic carbocycles. The smallest absolute Gasteiger partial charge is 0.213 e. The Kier molecular flexibility index (Phi) is 9.35. The molecule has 1 aliphatic heterocycles. The van der Waals surface area contributed by atoms with Gasteiger partial charge in [-0.25, -0.2) is 4.98 Å². The van der Waals surface area contributed by atoms with Gasteiger partial charge >= 0.3 is 0 Å². The predicted octanol–water partition coefficient (Wildman–Crippen LogP) is 1.89. The lowest BCUT2D eigenvalue weighted by molar-refractivity contribution is 0.00272. The molecule has 0 saturated carbocycles. The van der Waals surface area contributed by atoms with Gasteiger partial charge in [-0.2, -0.15) is 0 Å². The van der Waals surface area contributed by atoms with Crippen LogP contribution >= 0.6 is 0 Å². The van der Waals surface area contributed by atoms with Gasteiger partial charge in [0.25, 0.3) is 0 Å². The second kappa shape index (κ2) is 11.8. The average molecular weight is 378 g/mol. The van der Waals surface area contributed by atoms with Gasteiger partial charge in [0.05, 0.1) is 32.6 Å². The van der Waals surface area contributed by atoms with Gasteiger partial charge < -0.3 is 20.1 Å². The van der Waals surface area contributed by atoms with Crippen molar-refractivity contribution in [1.82, 2.24) is 20.5 Å². The summed E-state index contributed by atoms with van der Waals surface area (Å²) in [6, 6.07) is 6.25. The Labute approximate surface area is 163 Å². The summed E-state index contributed by atoms with van der Waals surface area (Å²) in [5.74, 6) is 2.08. The van der Waals surface area contributed by atoms with E-state index in [0.29, 0.717) is 24.4 Å². The third kappa shape index (κ3) is 6.66. The number of hydrogen-bond acceptors (Lipinski definition) is 5. The molecule has 1 atom stereocenters.